The maximum Gasteiger partial charge on any atom is 0.309 e. The number of carbonyl (C=O) groups excluding carboxylic acids is 1. The highest BCUT2D eigenvalue weighted by Gasteiger charge is 2.15. The third-order valence-electron chi connectivity index (χ3n) is 2.95. The molecule has 0 unspecified atom stereocenters. The number of aryl methyl sites for hydroxylation is 2. The summed E-state index contributed by atoms with van der Waals surface area (Å²) in [7, 11) is 0. The van der Waals surface area contributed by atoms with Crippen molar-refractivity contribution in [2.75, 3.05) is 0 Å². The molecule has 0 bridgehead atoms. The summed E-state index contributed by atoms with van der Waals surface area (Å²) in [4.78, 5) is 25.9. The van der Waals surface area contributed by atoms with E-state index in [-0.39, 0.29) is 12.2 Å². The Kier molecular flexibility index (Phi) is 3.51. The molecule has 0 aliphatic rings. The Bertz CT molecular complexity index is 623. The molecule has 1 aromatic heterocycles. The number of ketones is 1. The number of H-pyrrole nitrogens is 1. The highest BCUT2D eigenvalue weighted by atomic mass is 16.4. The normalized spacial score (nSPS) is 10.4. The van der Waals surface area contributed by atoms with Crippen LogP contribution in [0.4, 0.5) is 0 Å². The number of nitrogens with one attached hydrogen (secondary N) is 1. The van der Waals surface area contributed by atoms with E-state index in [1.807, 2.05) is 19.1 Å². The van der Waals surface area contributed by atoms with E-state index in [0.717, 1.165) is 11.1 Å². The molecule has 2 aromatic rings. The Morgan fingerprint density at radius 1 is 1.16 bits per heavy atom. The van der Waals surface area contributed by atoms with E-state index in [4.69, 9.17) is 5.11 Å². The number of carbonyl (C=O) groups is 2. The third-order valence-corrected chi connectivity index (χ3v) is 2.95. The zero-order valence-electron chi connectivity index (χ0n) is 10.9. The van der Waals surface area contributed by atoms with E-state index in [1.165, 1.54) is 0 Å². The minimum absolute atomic E-state index is 0.109. The van der Waals surface area contributed by atoms with E-state index in [9.17, 15) is 9.59 Å². The Hall–Kier alpha value is -2.36. The highest BCUT2D eigenvalue weighted by molar-refractivity contribution is 6.08. The number of aliphatic carboxylic acids is 1. The molecule has 0 saturated heterocycles. The van der Waals surface area contributed by atoms with Crippen molar-refractivity contribution in [3.05, 3.63) is 58.4 Å². The van der Waals surface area contributed by atoms with Crippen LogP contribution in [0.1, 0.15) is 32.9 Å². The lowest BCUT2D eigenvalue weighted by atomic mass is 10.0. The van der Waals surface area contributed by atoms with Crippen LogP contribution in [0.25, 0.3) is 0 Å². The molecule has 0 saturated carbocycles. The molecule has 0 aliphatic carbocycles. The zero-order valence-corrected chi connectivity index (χ0v) is 10.9. The van der Waals surface area contributed by atoms with Gasteiger partial charge in [0.15, 0.2) is 0 Å². The number of hydrogen-bond donors (Lipinski definition) is 2. The van der Waals surface area contributed by atoms with Gasteiger partial charge in [-0.2, -0.15) is 0 Å². The fourth-order valence-corrected chi connectivity index (χ4v) is 1.97. The quantitative estimate of drug-likeness (QED) is 0.827. The molecule has 1 heterocycles. The van der Waals surface area contributed by atoms with Crippen molar-refractivity contribution in [1.82, 2.24) is 4.98 Å². The van der Waals surface area contributed by atoms with Crippen LogP contribution in [0.3, 0.4) is 0 Å². The smallest absolute Gasteiger partial charge is 0.309 e. The van der Waals surface area contributed by atoms with Gasteiger partial charge in [0, 0.05) is 11.3 Å². The van der Waals surface area contributed by atoms with Crippen LogP contribution in [-0.4, -0.2) is 21.8 Å². The van der Waals surface area contributed by atoms with E-state index < -0.39 is 5.97 Å². The Labute approximate surface area is 111 Å². The average Bonchev–Trinajstić information content (AvgIpc) is 2.69. The van der Waals surface area contributed by atoms with Crippen molar-refractivity contribution in [1.29, 1.82) is 0 Å². The Morgan fingerprint density at radius 3 is 2.37 bits per heavy atom. The second-order valence-corrected chi connectivity index (χ2v) is 4.62. The van der Waals surface area contributed by atoms with Gasteiger partial charge in [-0.15, -0.1) is 0 Å². The number of hydrogen-bond acceptors (Lipinski definition) is 2. The molecule has 4 nitrogen and oxygen atoms in total. The van der Waals surface area contributed by atoms with Gasteiger partial charge in [-0.3, -0.25) is 9.59 Å². The van der Waals surface area contributed by atoms with E-state index in [1.54, 1.807) is 25.1 Å². The fourth-order valence-electron chi connectivity index (χ4n) is 1.97. The van der Waals surface area contributed by atoms with Gasteiger partial charge >= 0.3 is 5.97 Å². The third kappa shape index (κ3) is 2.91. The van der Waals surface area contributed by atoms with Gasteiger partial charge in [-0.25, -0.2) is 0 Å². The number of aromatic amines is 1. The molecule has 0 spiro atoms. The molecule has 19 heavy (non-hydrogen) atoms. The van der Waals surface area contributed by atoms with Crippen LogP contribution in [-0.2, 0) is 11.2 Å². The molecular weight excluding hydrogens is 242 g/mol. The van der Waals surface area contributed by atoms with Crippen LogP contribution >= 0.6 is 0 Å². The SMILES string of the molecule is Cc1ccc(C(=O)c2[nH]c(CC(=O)O)cc2C)cc1. The van der Waals surface area contributed by atoms with Gasteiger partial charge in [0.25, 0.3) is 0 Å². The molecule has 98 valence electrons. The Balaban J connectivity index is 2.31. The highest BCUT2D eigenvalue weighted by Crippen LogP contribution is 2.16. The number of carboxylic acids is 1. The summed E-state index contributed by atoms with van der Waals surface area (Å²) in [6, 6.07) is 9.01. The number of rotatable bonds is 4. The summed E-state index contributed by atoms with van der Waals surface area (Å²) in [5, 5.41) is 8.75. The minimum atomic E-state index is -0.921. The van der Waals surface area contributed by atoms with E-state index >= 15 is 0 Å². The molecule has 0 amide bonds. The van der Waals surface area contributed by atoms with Gasteiger partial charge in [-0.05, 0) is 25.5 Å². The lowest BCUT2D eigenvalue weighted by Crippen LogP contribution is -2.05. The average molecular weight is 257 g/mol. The predicted octanol–water partition coefficient (Wildman–Crippen LogP) is 2.49. The summed E-state index contributed by atoms with van der Waals surface area (Å²) < 4.78 is 0. The molecule has 2 N–H and O–H groups in total. The summed E-state index contributed by atoms with van der Waals surface area (Å²) >= 11 is 0. The van der Waals surface area contributed by atoms with Crippen LogP contribution in [0.5, 0.6) is 0 Å². The second kappa shape index (κ2) is 5.10. The fraction of sp³-hybridized carbons (Fsp3) is 0.200. The first-order valence-corrected chi connectivity index (χ1v) is 5.99. The van der Waals surface area contributed by atoms with E-state index in [0.29, 0.717) is 17.0 Å². The zero-order chi connectivity index (χ0) is 14.0. The lowest BCUT2D eigenvalue weighted by molar-refractivity contribution is -0.136. The standard InChI is InChI=1S/C15H15NO3/c1-9-3-5-11(6-4-9)15(19)14-10(2)7-12(16-14)8-13(17)18/h3-7,16H,8H2,1-2H3,(H,17,18). The molecular formula is C15H15NO3. The molecule has 4 heteroatoms. The van der Waals surface area contributed by atoms with Crippen LogP contribution in [0.2, 0.25) is 0 Å². The van der Waals surface area contributed by atoms with Crippen molar-refractivity contribution in [3.8, 4) is 0 Å². The van der Waals surface area contributed by atoms with Crippen LogP contribution in [0, 0.1) is 13.8 Å². The first kappa shape index (κ1) is 13.1. The summed E-state index contributed by atoms with van der Waals surface area (Å²) in [6.07, 6.45) is -0.109. The topological polar surface area (TPSA) is 70.2 Å². The number of benzene rings is 1. The Morgan fingerprint density at radius 2 is 1.79 bits per heavy atom. The van der Waals surface area contributed by atoms with Crippen molar-refractivity contribution >= 4 is 11.8 Å². The molecule has 0 radical (unpaired) electrons. The van der Waals surface area contributed by atoms with Crippen molar-refractivity contribution < 1.29 is 14.7 Å². The van der Waals surface area contributed by atoms with Gasteiger partial charge in [0.1, 0.15) is 0 Å². The molecule has 0 fully saturated rings. The second-order valence-electron chi connectivity index (χ2n) is 4.62. The molecule has 1 aromatic carbocycles. The van der Waals surface area contributed by atoms with Crippen molar-refractivity contribution in [2.45, 2.75) is 20.3 Å². The molecule has 0 atom stereocenters. The van der Waals surface area contributed by atoms with Gasteiger partial charge in [0.2, 0.25) is 5.78 Å². The maximum absolute atomic E-state index is 12.3. The largest absolute Gasteiger partial charge is 0.481 e. The van der Waals surface area contributed by atoms with Gasteiger partial charge < -0.3 is 10.1 Å². The monoisotopic (exact) mass is 257 g/mol. The molecule has 0 aliphatic heterocycles. The van der Waals surface area contributed by atoms with E-state index in [2.05, 4.69) is 4.98 Å². The van der Waals surface area contributed by atoms with Crippen molar-refractivity contribution in [2.24, 2.45) is 0 Å². The molecule has 2 rings (SSSR count). The maximum atomic E-state index is 12.3. The van der Waals surface area contributed by atoms with Crippen LogP contribution in [0.15, 0.2) is 30.3 Å². The number of carboxylic acid groups (broad SMARTS) is 1. The van der Waals surface area contributed by atoms with Gasteiger partial charge in [-0.1, -0.05) is 29.8 Å². The summed E-state index contributed by atoms with van der Waals surface area (Å²) in [6.45, 7) is 3.75. The predicted molar refractivity (Wildman–Crippen MR) is 71.5 cm³/mol. The first-order chi connectivity index (χ1) is 8.97. The van der Waals surface area contributed by atoms with Crippen molar-refractivity contribution in [3.63, 3.8) is 0 Å². The lowest BCUT2D eigenvalue weighted by Gasteiger charge is -2.01. The number of aromatic nitrogens is 1. The summed E-state index contributed by atoms with van der Waals surface area (Å²) in [5.41, 5.74) is 3.45. The first-order valence-electron chi connectivity index (χ1n) is 5.99. The minimum Gasteiger partial charge on any atom is -0.481 e. The van der Waals surface area contributed by atoms with Gasteiger partial charge in [0.05, 0.1) is 12.1 Å². The summed E-state index contributed by atoms with van der Waals surface area (Å²) in [5.74, 6) is -1.04. The van der Waals surface area contributed by atoms with Crippen LogP contribution < -0.4 is 0 Å².